The van der Waals surface area contributed by atoms with E-state index < -0.39 is 5.97 Å². The summed E-state index contributed by atoms with van der Waals surface area (Å²) >= 11 is 0. The van der Waals surface area contributed by atoms with E-state index in [1.165, 1.54) is 0 Å². The Kier molecular flexibility index (Phi) is 5.26. The smallest absolute Gasteiger partial charge is 0.303 e. The van der Waals surface area contributed by atoms with Crippen molar-refractivity contribution in [3.8, 4) is 0 Å². The molecule has 156 valence electrons. The number of benzene rings is 1. The number of aliphatic carboxylic acids is 1. The molecule has 9 nitrogen and oxygen atoms in total. The summed E-state index contributed by atoms with van der Waals surface area (Å²) in [6.07, 6.45) is 0.716. The number of hydrogen-bond donors (Lipinski definition) is 1. The highest BCUT2D eigenvalue weighted by Crippen LogP contribution is 2.46. The molecule has 2 atom stereocenters. The number of fused-ring (bicyclic) bond motifs is 2. The maximum absolute atomic E-state index is 12.6. The van der Waals surface area contributed by atoms with Crippen molar-refractivity contribution in [3.05, 3.63) is 23.8 Å². The molecule has 1 amide bonds. The monoisotopic (exact) mass is 401 g/mol. The third kappa shape index (κ3) is 3.97. The largest absolute Gasteiger partial charge is 0.481 e. The van der Waals surface area contributed by atoms with E-state index in [-0.39, 0.29) is 23.7 Å². The molecule has 9 heteroatoms. The predicted octanol–water partition coefficient (Wildman–Crippen LogP) is 0.910. The molecule has 4 rings (SSSR count). The van der Waals surface area contributed by atoms with Gasteiger partial charge in [0, 0.05) is 44.6 Å². The van der Waals surface area contributed by atoms with E-state index in [1.54, 1.807) is 0 Å². The average molecular weight is 401 g/mol. The number of hydrogen-bond acceptors (Lipinski definition) is 7. The lowest BCUT2D eigenvalue weighted by molar-refractivity contribution is -0.137. The molecule has 0 bridgehead atoms. The lowest BCUT2D eigenvalue weighted by atomic mass is 9.77. The number of aromatic nitrogens is 2. The highest BCUT2D eigenvalue weighted by atomic mass is 16.6. The number of nitrogens with zero attached hydrogens (tertiary/aromatic N) is 5. The number of carboxylic acid groups (broad SMARTS) is 1. The molecule has 0 saturated carbocycles. The first kappa shape index (κ1) is 19.8. The average Bonchev–Trinajstić information content (AvgIpc) is 3.32. The molecule has 2 saturated heterocycles. The summed E-state index contributed by atoms with van der Waals surface area (Å²) in [4.78, 5) is 30.0. The number of amides is 1. The second-order valence-electron chi connectivity index (χ2n) is 8.68. The van der Waals surface area contributed by atoms with Crippen LogP contribution in [0.5, 0.6) is 0 Å². The van der Waals surface area contributed by atoms with E-state index in [4.69, 9.17) is 4.63 Å². The Balaban J connectivity index is 1.50. The van der Waals surface area contributed by atoms with Gasteiger partial charge >= 0.3 is 5.97 Å². The van der Waals surface area contributed by atoms with Gasteiger partial charge < -0.3 is 14.9 Å². The van der Waals surface area contributed by atoms with Crippen molar-refractivity contribution in [1.29, 1.82) is 0 Å². The van der Waals surface area contributed by atoms with Gasteiger partial charge in [-0.2, -0.15) is 0 Å². The van der Waals surface area contributed by atoms with Crippen LogP contribution in [0.25, 0.3) is 11.0 Å². The quantitative estimate of drug-likeness (QED) is 0.730. The van der Waals surface area contributed by atoms with E-state index in [2.05, 4.69) is 15.2 Å². The fourth-order valence-electron chi connectivity index (χ4n) is 4.92. The Labute approximate surface area is 169 Å². The van der Waals surface area contributed by atoms with Crippen LogP contribution in [0.2, 0.25) is 0 Å². The summed E-state index contributed by atoms with van der Waals surface area (Å²) in [6, 6.07) is 5.84. The van der Waals surface area contributed by atoms with Crippen LogP contribution in [0, 0.1) is 11.3 Å². The van der Waals surface area contributed by atoms with Gasteiger partial charge in [0.2, 0.25) is 5.91 Å². The van der Waals surface area contributed by atoms with Crippen LogP contribution in [0.1, 0.15) is 18.4 Å². The summed E-state index contributed by atoms with van der Waals surface area (Å²) in [5.74, 6) is -0.389. The third-order valence-electron chi connectivity index (χ3n) is 6.23. The second kappa shape index (κ2) is 7.72. The standard InChI is InChI=1S/C20H27N5O4/c1-23(2)11-17(26)25-10-15-9-24(12-20(15,13-25)7-6-18(27)28)8-14-4-3-5-16-19(14)22-29-21-16/h3-5,15H,6-13H2,1-2H3,(H,27,28)/t15-,20+/m0/s1. The Morgan fingerprint density at radius 3 is 2.86 bits per heavy atom. The molecule has 2 aliphatic rings. The molecule has 2 aliphatic heterocycles. The summed E-state index contributed by atoms with van der Waals surface area (Å²) in [5.41, 5.74) is 2.39. The van der Waals surface area contributed by atoms with Crippen molar-refractivity contribution in [3.63, 3.8) is 0 Å². The number of likely N-dealkylation sites (N-methyl/N-ethyl adjacent to an activating group) is 1. The summed E-state index contributed by atoms with van der Waals surface area (Å²) in [6.45, 7) is 4.03. The van der Waals surface area contributed by atoms with Gasteiger partial charge in [-0.3, -0.25) is 14.5 Å². The van der Waals surface area contributed by atoms with Crippen LogP contribution in [-0.2, 0) is 16.1 Å². The molecular weight excluding hydrogens is 374 g/mol. The summed E-state index contributed by atoms with van der Waals surface area (Å²) < 4.78 is 4.87. The Bertz CT molecular complexity index is 913. The number of carboxylic acids is 1. The minimum absolute atomic E-state index is 0.115. The Morgan fingerprint density at radius 1 is 1.28 bits per heavy atom. The second-order valence-corrected chi connectivity index (χ2v) is 8.68. The molecule has 0 spiro atoms. The Hall–Kier alpha value is -2.52. The molecule has 0 aliphatic carbocycles. The van der Waals surface area contributed by atoms with E-state index in [1.807, 2.05) is 42.1 Å². The van der Waals surface area contributed by atoms with Crippen molar-refractivity contribution in [2.75, 3.05) is 46.8 Å². The first-order valence-electron chi connectivity index (χ1n) is 9.93. The van der Waals surface area contributed by atoms with E-state index in [9.17, 15) is 14.7 Å². The van der Waals surface area contributed by atoms with Gasteiger partial charge in [0.1, 0.15) is 11.0 Å². The number of carbonyl (C=O) groups is 2. The van der Waals surface area contributed by atoms with Gasteiger partial charge in [-0.25, -0.2) is 4.63 Å². The normalized spacial score (nSPS) is 24.5. The molecular formula is C20H27N5O4. The van der Waals surface area contributed by atoms with Crippen LogP contribution in [0.3, 0.4) is 0 Å². The summed E-state index contributed by atoms with van der Waals surface area (Å²) in [7, 11) is 3.77. The SMILES string of the molecule is CN(C)CC(=O)N1C[C@@H]2CN(Cc3cccc4nonc34)C[C@]2(CCC(=O)O)C1. The summed E-state index contributed by atoms with van der Waals surface area (Å²) in [5, 5.41) is 17.2. The zero-order valence-electron chi connectivity index (χ0n) is 16.9. The van der Waals surface area contributed by atoms with Gasteiger partial charge in [-0.1, -0.05) is 12.1 Å². The van der Waals surface area contributed by atoms with Gasteiger partial charge in [-0.15, -0.1) is 0 Å². The highest BCUT2D eigenvalue weighted by molar-refractivity contribution is 5.79. The zero-order valence-corrected chi connectivity index (χ0v) is 16.9. The fourth-order valence-corrected chi connectivity index (χ4v) is 4.92. The minimum atomic E-state index is -0.784. The van der Waals surface area contributed by atoms with Crippen molar-refractivity contribution < 1.29 is 19.3 Å². The van der Waals surface area contributed by atoms with E-state index in [0.29, 0.717) is 32.6 Å². The zero-order chi connectivity index (χ0) is 20.6. The van der Waals surface area contributed by atoms with Crippen molar-refractivity contribution in [2.24, 2.45) is 11.3 Å². The first-order chi connectivity index (χ1) is 13.9. The lowest BCUT2D eigenvalue weighted by Crippen LogP contribution is -2.40. The number of carbonyl (C=O) groups excluding carboxylic acids is 1. The highest BCUT2D eigenvalue weighted by Gasteiger charge is 2.53. The Morgan fingerprint density at radius 2 is 2.10 bits per heavy atom. The maximum atomic E-state index is 12.6. The van der Waals surface area contributed by atoms with E-state index >= 15 is 0 Å². The van der Waals surface area contributed by atoms with Crippen LogP contribution in [0.4, 0.5) is 0 Å². The molecule has 1 aromatic heterocycles. The number of likely N-dealkylation sites (tertiary alicyclic amines) is 2. The van der Waals surface area contributed by atoms with Gasteiger partial charge in [0.05, 0.1) is 6.54 Å². The predicted molar refractivity (Wildman–Crippen MR) is 105 cm³/mol. The number of rotatable bonds is 7. The topological polar surface area (TPSA) is 103 Å². The molecule has 0 radical (unpaired) electrons. The van der Waals surface area contributed by atoms with Crippen molar-refractivity contribution >= 4 is 22.9 Å². The van der Waals surface area contributed by atoms with Crippen LogP contribution in [-0.4, -0.2) is 88.8 Å². The molecule has 29 heavy (non-hydrogen) atoms. The van der Waals surface area contributed by atoms with Crippen LogP contribution in [0.15, 0.2) is 22.8 Å². The molecule has 2 fully saturated rings. The lowest BCUT2D eigenvalue weighted by Gasteiger charge is -2.29. The van der Waals surface area contributed by atoms with Crippen molar-refractivity contribution in [1.82, 2.24) is 25.0 Å². The van der Waals surface area contributed by atoms with Crippen molar-refractivity contribution in [2.45, 2.75) is 19.4 Å². The van der Waals surface area contributed by atoms with Crippen LogP contribution < -0.4 is 0 Å². The molecule has 1 N–H and O–H groups in total. The fraction of sp³-hybridized carbons (Fsp3) is 0.600. The minimum Gasteiger partial charge on any atom is -0.481 e. The van der Waals surface area contributed by atoms with Gasteiger partial charge in [-0.05, 0) is 48.4 Å². The first-order valence-corrected chi connectivity index (χ1v) is 9.93. The van der Waals surface area contributed by atoms with Gasteiger partial charge in [0.15, 0.2) is 0 Å². The van der Waals surface area contributed by atoms with E-state index in [0.717, 1.165) is 29.7 Å². The molecule has 0 unspecified atom stereocenters. The molecule has 1 aromatic carbocycles. The van der Waals surface area contributed by atoms with Crippen LogP contribution >= 0.6 is 0 Å². The molecule has 2 aromatic rings. The van der Waals surface area contributed by atoms with Gasteiger partial charge in [0.25, 0.3) is 0 Å². The maximum Gasteiger partial charge on any atom is 0.303 e. The molecule has 3 heterocycles. The third-order valence-corrected chi connectivity index (χ3v) is 6.23.